The predicted octanol–water partition coefficient (Wildman–Crippen LogP) is 23.8. The van der Waals surface area contributed by atoms with Crippen molar-refractivity contribution in [1.29, 1.82) is 0 Å². The minimum absolute atomic E-state index is 0.0787. The van der Waals surface area contributed by atoms with Crippen molar-refractivity contribution < 1.29 is 80.2 Å². The lowest BCUT2D eigenvalue weighted by Gasteiger charge is -2.21. The topological polar surface area (TPSA) is 237 Å². The van der Waals surface area contributed by atoms with E-state index in [2.05, 4.69) is 113 Å². The van der Waals surface area contributed by atoms with Crippen LogP contribution in [0.5, 0.6) is 0 Å². The van der Waals surface area contributed by atoms with Crippen LogP contribution >= 0.6 is 15.6 Å². The number of ether oxygens (including phenoxy) is 4. The number of aliphatic hydroxyl groups excluding tert-OH is 1. The Morgan fingerprint density at radius 2 is 0.510 bits per heavy atom. The SMILES string of the molecule is CC/C=C\C/C=C\C/C=C\C/C=C\C/C=C\CCCCCC(=O)OCC(COP(=O)(O)OCC(O)COP(=O)(O)OCC(COC(=O)CCCCCCCCCCCCCCCCC)OC(=O)CCCCCCC/C=C\CCCCCC)OC(=O)CCCCCCC/C=C\CCCCCCCC. The number of phosphoric acid groups is 2. The number of phosphoric ester groups is 2. The number of rotatable bonds is 77. The number of carbonyl (C=O) groups is 4. The largest absolute Gasteiger partial charge is 0.472 e. The quantitative estimate of drug-likeness (QED) is 0.0169. The average molecular weight is 1480 g/mol. The minimum Gasteiger partial charge on any atom is -0.462 e. The third-order valence-electron chi connectivity index (χ3n) is 17.3. The van der Waals surface area contributed by atoms with E-state index in [1.807, 2.05) is 0 Å². The Morgan fingerprint density at radius 1 is 0.284 bits per heavy atom. The first-order valence-corrected chi connectivity index (χ1v) is 43.8. The highest BCUT2D eigenvalue weighted by Crippen LogP contribution is 2.45. The van der Waals surface area contributed by atoms with E-state index in [4.69, 9.17) is 37.0 Å². The molecule has 0 spiro atoms. The highest BCUT2D eigenvalue weighted by Gasteiger charge is 2.30. The van der Waals surface area contributed by atoms with Crippen molar-refractivity contribution in [2.24, 2.45) is 0 Å². The van der Waals surface area contributed by atoms with Gasteiger partial charge in [0.05, 0.1) is 26.4 Å². The van der Waals surface area contributed by atoms with E-state index in [0.717, 1.165) is 148 Å². The summed E-state index contributed by atoms with van der Waals surface area (Å²) in [5.74, 6) is -2.20. The lowest BCUT2D eigenvalue weighted by Crippen LogP contribution is -2.30. The summed E-state index contributed by atoms with van der Waals surface area (Å²) < 4.78 is 68.6. The van der Waals surface area contributed by atoms with Crippen molar-refractivity contribution in [3.05, 3.63) is 85.1 Å². The molecule has 0 aromatic carbocycles. The zero-order valence-electron chi connectivity index (χ0n) is 64.8. The fourth-order valence-electron chi connectivity index (χ4n) is 11.1. The summed E-state index contributed by atoms with van der Waals surface area (Å²) in [6.45, 7) is 4.75. The average Bonchev–Trinajstić information content (AvgIpc) is 0.924. The lowest BCUT2D eigenvalue weighted by molar-refractivity contribution is -0.161. The summed E-state index contributed by atoms with van der Waals surface area (Å²) in [5, 5.41) is 10.6. The van der Waals surface area contributed by atoms with Gasteiger partial charge in [0.25, 0.3) is 0 Å². The van der Waals surface area contributed by atoms with Crippen molar-refractivity contribution in [2.75, 3.05) is 39.6 Å². The number of aliphatic hydroxyl groups is 1. The van der Waals surface area contributed by atoms with E-state index in [9.17, 15) is 43.2 Å². The minimum atomic E-state index is -4.98. The number of hydrogen-bond donors (Lipinski definition) is 3. The monoisotopic (exact) mass is 1480 g/mol. The molecule has 0 heterocycles. The van der Waals surface area contributed by atoms with Gasteiger partial charge in [-0.25, -0.2) is 9.13 Å². The van der Waals surface area contributed by atoms with E-state index in [1.165, 1.54) is 135 Å². The molecule has 17 nitrogen and oxygen atoms in total. The molecular weight excluding hydrogens is 1330 g/mol. The van der Waals surface area contributed by atoms with E-state index in [0.29, 0.717) is 25.7 Å². The summed E-state index contributed by atoms with van der Waals surface area (Å²) in [5.41, 5.74) is 0. The van der Waals surface area contributed by atoms with Crippen molar-refractivity contribution in [1.82, 2.24) is 0 Å². The van der Waals surface area contributed by atoms with E-state index < -0.39 is 97.5 Å². The molecule has 19 heteroatoms. The van der Waals surface area contributed by atoms with Gasteiger partial charge in [-0.1, -0.05) is 299 Å². The molecule has 0 bridgehead atoms. The molecule has 0 saturated heterocycles. The molecule has 5 unspecified atom stereocenters. The van der Waals surface area contributed by atoms with E-state index in [-0.39, 0.29) is 25.7 Å². The van der Waals surface area contributed by atoms with Crippen molar-refractivity contribution in [3.63, 3.8) is 0 Å². The van der Waals surface area contributed by atoms with Crippen molar-refractivity contribution in [3.8, 4) is 0 Å². The fraction of sp³-hybridized carbons (Fsp3) is 0.783. The number of allylic oxidation sites excluding steroid dienone is 14. The highest BCUT2D eigenvalue weighted by molar-refractivity contribution is 7.47. The van der Waals surface area contributed by atoms with Gasteiger partial charge in [0.15, 0.2) is 12.2 Å². The van der Waals surface area contributed by atoms with Crippen LogP contribution in [0.15, 0.2) is 85.1 Å². The van der Waals surface area contributed by atoms with E-state index >= 15 is 0 Å². The molecule has 0 aliphatic rings. The summed E-state index contributed by atoms with van der Waals surface area (Å²) in [4.78, 5) is 73.0. The first-order chi connectivity index (χ1) is 49.7. The predicted molar refractivity (Wildman–Crippen MR) is 418 cm³/mol. The second-order valence-corrected chi connectivity index (χ2v) is 30.2. The van der Waals surface area contributed by atoms with Crippen LogP contribution in [-0.4, -0.2) is 96.7 Å². The maximum atomic E-state index is 13.1. The third kappa shape index (κ3) is 74.5. The Hall–Kier alpha value is -3.76. The third-order valence-corrected chi connectivity index (χ3v) is 19.2. The molecule has 0 radical (unpaired) electrons. The molecule has 0 fully saturated rings. The molecular formula is C83H148O17P2. The molecule has 3 N–H and O–H groups in total. The van der Waals surface area contributed by atoms with Crippen LogP contribution in [0.2, 0.25) is 0 Å². The van der Waals surface area contributed by atoms with Crippen LogP contribution in [0.4, 0.5) is 0 Å². The van der Waals surface area contributed by atoms with Gasteiger partial charge in [-0.3, -0.25) is 37.3 Å². The van der Waals surface area contributed by atoms with Crippen molar-refractivity contribution in [2.45, 2.75) is 380 Å². The number of esters is 4. The van der Waals surface area contributed by atoms with Crippen LogP contribution in [0.1, 0.15) is 362 Å². The Bertz CT molecular complexity index is 2260. The van der Waals surface area contributed by atoms with Crippen LogP contribution in [0, 0.1) is 0 Å². The molecule has 0 aromatic heterocycles. The molecule has 592 valence electrons. The van der Waals surface area contributed by atoms with Gasteiger partial charge in [0, 0.05) is 25.7 Å². The standard InChI is InChI=1S/C83H148O17P2/c1-5-9-13-17-21-25-29-33-36-37-38-39-42-45-48-52-56-60-64-68-81(86)94-74-79(100-83(88)70-66-62-58-54-50-46-41-35-31-27-23-19-15-11-7-3)76-98-102(91,92)96-72-77(84)71-95-101(89,90)97-75-78(99-82(87)69-65-61-57-53-49-43-32-28-24-20-16-12-8-4)73-93-80(85)67-63-59-55-51-47-44-40-34-30-26-22-18-14-10-6-2/h9,13,21,25,28,32-33,35-36,38-39,41,45,48,77-79,84H,5-8,10-12,14-20,22-24,26-27,29-31,34,37,40,42-44,46-47,49-76H2,1-4H3,(H,89,90)(H,91,92)/b13-9-,25-21-,32-28-,36-33-,39-38-,41-35-,48-45-. The van der Waals surface area contributed by atoms with Crippen LogP contribution in [0.25, 0.3) is 0 Å². The van der Waals surface area contributed by atoms with Crippen LogP contribution in [-0.2, 0) is 65.4 Å². The second kappa shape index (κ2) is 75.5. The number of hydrogen-bond acceptors (Lipinski definition) is 15. The summed E-state index contributed by atoms with van der Waals surface area (Å²) in [7, 11) is -9.96. The Balaban J connectivity index is 5.36. The van der Waals surface area contributed by atoms with Gasteiger partial charge in [0.1, 0.15) is 19.3 Å². The van der Waals surface area contributed by atoms with Gasteiger partial charge < -0.3 is 33.8 Å². The smallest absolute Gasteiger partial charge is 0.462 e. The first-order valence-electron chi connectivity index (χ1n) is 40.8. The lowest BCUT2D eigenvalue weighted by atomic mass is 10.0. The van der Waals surface area contributed by atoms with Gasteiger partial charge in [0.2, 0.25) is 0 Å². The molecule has 0 saturated carbocycles. The Kier molecular flexibility index (Phi) is 72.7. The molecule has 0 aromatic rings. The van der Waals surface area contributed by atoms with Gasteiger partial charge in [-0.15, -0.1) is 0 Å². The Morgan fingerprint density at radius 3 is 0.814 bits per heavy atom. The zero-order valence-corrected chi connectivity index (χ0v) is 66.6. The highest BCUT2D eigenvalue weighted by atomic mass is 31.2. The molecule has 0 amide bonds. The number of unbranched alkanes of at least 4 members (excludes halogenated alkanes) is 37. The fourth-order valence-corrected chi connectivity index (χ4v) is 12.7. The van der Waals surface area contributed by atoms with Crippen molar-refractivity contribution >= 4 is 39.5 Å². The molecule has 102 heavy (non-hydrogen) atoms. The van der Waals surface area contributed by atoms with Crippen LogP contribution < -0.4 is 0 Å². The molecule has 5 atom stereocenters. The van der Waals surface area contributed by atoms with Gasteiger partial charge >= 0.3 is 39.5 Å². The van der Waals surface area contributed by atoms with Gasteiger partial charge in [-0.2, -0.15) is 0 Å². The van der Waals surface area contributed by atoms with E-state index in [1.54, 1.807) is 0 Å². The second-order valence-electron chi connectivity index (χ2n) is 27.3. The van der Waals surface area contributed by atoms with Crippen LogP contribution in [0.3, 0.4) is 0 Å². The number of carbonyl (C=O) groups excluding carboxylic acids is 4. The molecule has 0 rings (SSSR count). The Labute approximate surface area is 621 Å². The maximum absolute atomic E-state index is 13.1. The molecule has 0 aliphatic carbocycles. The molecule has 0 aliphatic heterocycles. The normalized spacial score (nSPS) is 14.3. The summed E-state index contributed by atoms with van der Waals surface area (Å²) >= 11 is 0. The van der Waals surface area contributed by atoms with Gasteiger partial charge in [-0.05, 0) is 122 Å². The summed E-state index contributed by atoms with van der Waals surface area (Å²) in [6, 6.07) is 0. The first kappa shape index (κ1) is 98.2. The zero-order chi connectivity index (χ0) is 74.6. The maximum Gasteiger partial charge on any atom is 0.472 e. The summed E-state index contributed by atoms with van der Waals surface area (Å²) in [6.07, 6.45) is 78.4.